The molecule has 0 saturated carbocycles. The van der Waals surface area contributed by atoms with Gasteiger partial charge in [0.15, 0.2) is 0 Å². The van der Waals surface area contributed by atoms with Gasteiger partial charge in [-0.05, 0) is 39.9 Å². The lowest BCUT2D eigenvalue weighted by molar-refractivity contribution is -0.141. The Bertz CT molecular complexity index is 1490. The summed E-state index contributed by atoms with van der Waals surface area (Å²) in [5, 5.41) is 12.9. The number of hydrogen-bond acceptors (Lipinski definition) is 3. The van der Waals surface area contributed by atoms with Crippen LogP contribution in [-0.4, -0.2) is 23.0 Å². The summed E-state index contributed by atoms with van der Waals surface area (Å²) in [6.07, 6.45) is 0.160. The van der Waals surface area contributed by atoms with Crippen LogP contribution in [0.4, 0.5) is 0 Å². The molecule has 0 aromatic heterocycles. The normalized spacial score (nSPS) is 11.8. The quantitative estimate of drug-likeness (QED) is 0.166. The topological polar surface area (TPSA) is 75.6 Å². The molecule has 0 bridgehead atoms. The Balaban J connectivity index is 1.39. The predicted molar refractivity (Wildman–Crippen MR) is 164 cm³/mol. The van der Waals surface area contributed by atoms with Crippen molar-refractivity contribution in [2.45, 2.75) is 30.9 Å². The second-order valence-corrected chi connectivity index (χ2v) is 10.3. The Morgan fingerprint density at radius 2 is 1.12 bits per heavy atom. The molecule has 2 N–H and O–H groups in total. The van der Waals surface area contributed by atoms with Gasteiger partial charge in [-0.25, -0.2) is 4.79 Å². The van der Waals surface area contributed by atoms with Crippen LogP contribution < -0.4 is 10.1 Å². The standard InChI is InChI=1S/C37H33NO4/c39-35(38-34(36(40)41)25-29-16-13-23-33(24-29)42-27-28-14-5-1-6-15-28)26-37(30-17-7-2-8-18-30,31-19-9-3-10-20-31)32-21-11-4-12-22-32/h1-24,34H,25-27H2,(H,38,39)(H,40,41)/t34-/m1/s1. The van der Waals surface area contributed by atoms with E-state index in [0.717, 1.165) is 27.8 Å². The van der Waals surface area contributed by atoms with Crippen molar-refractivity contribution >= 4 is 11.9 Å². The number of hydrogen-bond donors (Lipinski definition) is 2. The van der Waals surface area contributed by atoms with Crippen LogP contribution in [0.3, 0.4) is 0 Å². The van der Waals surface area contributed by atoms with Crippen LogP contribution in [0, 0.1) is 0 Å². The summed E-state index contributed by atoms with van der Waals surface area (Å²) in [6.45, 7) is 0.407. The SMILES string of the molecule is O=C(CC(c1ccccc1)(c1ccccc1)c1ccccc1)N[C@H](Cc1cccc(OCc2ccccc2)c1)C(=O)O. The number of carboxylic acids is 1. The third-order valence-electron chi connectivity index (χ3n) is 7.45. The molecule has 1 amide bonds. The molecule has 0 aliphatic rings. The summed E-state index contributed by atoms with van der Waals surface area (Å²) in [7, 11) is 0. The molecule has 5 aromatic carbocycles. The molecule has 5 nitrogen and oxygen atoms in total. The van der Waals surface area contributed by atoms with E-state index in [4.69, 9.17) is 4.74 Å². The Kier molecular flexibility index (Phi) is 9.10. The van der Waals surface area contributed by atoms with E-state index in [-0.39, 0.29) is 18.7 Å². The average Bonchev–Trinajstić information content (AvgIpc) is 3.04. The van der Waals surface area contributed by atoms with E-state index in [9.17, 15) is 14.7 Å². The Morgan fingerprint density at radius 1 is 0.643 bits per heavy atom. The molecule has 210 valence electrons. The van der Waals surface area contributed by atoms with Crippen LogP contribution in [0.25, 0.3) is 0 Å². The van der Waals surface area contributed by atoms with Gasteiger partial charge in [0.05, 0.1) is 5.41 Å². The van der Waals surface area contributed by atoms with E-state index in [1.54, 1.807) is 0 Å². The minimum absolute atomic E-state index is 0.0368. The molecular formula is C37H33NO4. The number of aliphatic carboxylic acids is 1. The molecule has 1 atom stereocenters. The van der Waals surface area contributed by atoms with Gasteiger partial charge in [0, 0.05) is 12.8 Å². The molecule has 0 heterocycles. The van der Waals surface area contributed by atoms with Gasteiger partial charge in [-0.15, -0.1) is 0 Å². The van der Waals surface area contributed by atoms with E-state index in [1.165, 1.54) is 0 Å². The highest BCUT2D eigenvalue weighted by Crippen LogP contribution is 2.42. The minimum atomic E-state index is -1.11. The molecule has 5 aromatic rings. The van der Waals surface area contributed by atoms with Gasteiger partial charge in [0.2, 0.25) is 5.91 Å². The van der Waals surface area contributed by atoms with Gasteiger partial charge < -0.3 is 15.2 Å². The highest BCUT2D eigenvalue weighted by Gasteiger charge is 2.39. The summed E-state index contributed by atoms with van der Waals surface area (Å²) < 4.78 is 5.93. The summed E-state index contributed by atoms with van der Waals surface area (Å²) in [5.41, 5.74) is 3.83. The molecular weight excluding hydrogens is 522 g/mol. The van der Waals surface area contributed by atoms with Gasteiger partial charge in [0.1, 0.15) is 18.4 Å². The van der Waals surface area contributed by atoms with E-state index >= 15 is 0 Å². The van der Waals surface area contributed by atoms with Crippen molar-refractivity contribution in [3.63, 3.8) is 0 Å². The lowest BCUT2D eigenvalue weighted by atomic mass is 9.67. The fourth-order valence-electron chi connectivity index (χ4n) is 5.40. The molecule has 42 heavy (non-hydrogen) atoms. The van der Waals surface area contributed by atoms with Crippen molar-refractivity contribution in [2.75, 3.05) is 0 Å². The number of benzene rings is 5. The van der Waals surface area contributed by atoms with E-state index in [0.29, 0.717) is 12.4 Å². The van der Waals surface area contributed by atoms with Crippen molar-refractivity contribution in [2.24, 2.45) is 0 Å². The van der Waals surface area contributed by atoms with E-state index < -0.39 is 17.4 Å². The van der Waals surface area contributed by atoms with Crippen molar-refractivity contribution in [3.8, 4) is 5.75 Å². The molecule has 0 spiro atoms. The van der Waals surface area contributed by atoms with E-state index in [1.807, 2.05) is 146 Å². The smallest absolute Gasteiger partial charge is 0.326 e. The predicted octanol–water partition coefficient (Wildman–Crippen LogP) is 6.80. The zero-order valence-corrected chi connectivity index (χ0v) is 23.2. The van der Waals surface area contributed by atoms with E-state index in [2.05, 4.69) is 5.32 Å². The Morgan fingerprint density at radius 3 is 1.62 bits per heavy atom. The van der Waals surface area contributed by atoms with Crippen molar-refractivity contribution in [1.82, 2.24) is 5.32 Å². The zero-order chi connectivity index (χ0) is 29.2. The molecule has 0 radical (unpaired) electrons. The number of carbonyl (C=O) groups is 2. The molecule has 5 heteroatoms. The Hall–Kier alpha value is -5.16. The monoisotopic (exact) mass is 555 g/mol. The summed E-state index contributed by atoms with van der Waals surface area (Å²) in [6, 6.07) is 45.8. The maximum Gasteiger partial charge on any atom is 0.326 e. The first kappa shape index (κ1) is 28.4. The van der Waals surface area contributed by atoms with Gasteiger partial charge in [-0.2, -0.15) is 0 Å². The third-order valence-corrected chi connectivity index (χ3v) is 7.45. The highest BCUT2D eigenvalue weighted by molar-refractivity contribution is 5.85. The van der Waals surface area contributed by atoms with Gasteiger partial charge in [-0.3, -0.25) is 4.79 Å². The minimum Gasteiger partial charge on any atom is -0.489 e. The molecule has 0 saturated heterocycles. The average molecular weight is 556 g/mol. The largest absolute Gasteiger partial charge is 0.489 e. The van der Waals surface area contributed by atoms with Crippen LogP contribution >= 0.6 is 0 Å². The number of rotatable bonds is 12. The summed E-state index contributed by atoms with van der Waals surface area (Å²) in [4.78, 5) is 26.2. The summed E-state index contributed by atoms with van der Waals surface area (Å²) in [5.74, 6) is -0.804. The van der Waals surface area contributed by atoms with Gasteiger partial charge in [-0.1, -0.05) is 133 Å². The maximum atomic E-state index is 13.8. The number of ether oxygens (including phenoxy) is 1. The summed E-state index contributed by atoms with van der Waals surface area (Å²) >= 11 is 0. The van der Waals surface area contributed by atoms with Crippen molar-refractivity contribution < 1.29 is 19.4 Å². The maximum absolute atomic E-state index is 13.8. The molecule has 0 aliphatic heterocycles. The first-order valence-electron chi connectivity index (χ1n) is 14.0. The van der Waals surface area contributed by atoms with Crippen LogP contribution in [0.2, 0.25) is 0 Å². The highest BCUT2D eigenvalue weighted by atomic mass is 16.5. The first-order valence-corrected chi connectivity index (χ1v) is 14.0. The zero-order valence-electron chi connectivity index (χ0n) is 23.2. The van der Waals surface area contributed by atoms with Gasteiger partial charge >= 0.3 is 5.97 Å². The van der Waals surface area contributed by atoms with Crippen LogP contribution in [0.15, 0.2) is 146 Å². The lowest BCUT2D eigenvalue weighted by Gasteiger charge is -2.36. The van der Waals surface area contributed by atoms with Crippen LogP contribution in [0.1, 0.15) is 34.2 Å². The first-order chi connectivity index (χ1) is 20.5. The molecule has 5 rings (SSSR count). The lowest BCUT2D eigenvalue weighted by Crippen LogP contribution is -2.45. The number of amides is 1. The molecule has 0 aliphatic carbocycles. The Labute approximate surface area is 246 Å². The fourth-order valence-corrected chi connectivity index (χ4v) is 5.40. The van der Waals surface area contributed by atoms with Crippen LogP contribution in [0.5, 0.6) is 5.75 Å². The molecule has 0 fully saturated rings. The fraction of sp³-hybridized carbons (Fsp3) is 0.135. The second kappa shape index (κ2) is 13.5. The second-order valence-electron chi connectivity index (χ2n) is 10.3. The molecule has 0 unspecified atom stereocenters. The van der Waals surface area contributed by atoms with Crippen molar-refractivity contribution in [3.05, 3.63) is 173 Å². The number of carbonyl (C=O) groups excluding carboxylic acids is 1. The van der Waals surface area contributed by atoms with Crippen LogP contribution in [-0.2, 0) is 28.0 Å². The third kappa shape index (κ3) is 6.76. The number of nitrogens with one attached hydrogen (secondary N) is 1. The van der Waals surface area contributed by atoms with Gasteiger partial charge in [0.25, 0.3) is 0 Å². The number of carboxylic acid groups (broad SMARTS) is 1. The van der Waals surface area contributed by atoms with Crippen molar-refractivity contribution in [1.29, 1.82) is 0 Å².